The maximum absolute atomic E-state index is 13.8. The lowest BCUT2D eigenvalue weighted by atomic mass is 10.0. The van der Waals surface area contributed by atoms with Gasteiger partial charge in [-0.25, -0.2) is 14.4 Å². The van der Waals surface area contributed by atoms with Crippen LogP contribution in [0.3, 0.4) is 0 Å². The average Bonchev–Trinajstić information content (AvgIpc) is 2.76. The molecule has 5 heteroatoms. The van der Waals surface area contributed by atoms with Crippen LogP contribution in [0.5, 0.6) is 5.75 Å². The molecule has 0 bridgehead atoms. The van der Waals surface area contributed by atoms with E-state index in [0.29, 0.717) is 17.9 Å². The molecule has 3 aromatic rings. The van der Waals surface area contributed by atoms with E-state index >= 15 is 0 Å². The molecule has 0 aliphatic carbocycles. The van der Waals surface area contributed by atoms with E-state index in [1.165, 1.54) is 6.07 Å². The number of aromatic nitrogens is 2. The molecule has 4 nitrogen and oxygen atoms in total. The zero-order valence-corrected chi connectivity index (χ0v) is 18.5. The van der Waals surface area contributed by atoms with Crippen LogP contribution in [0.4, 0.5) is 10.2 Å². The fourth-order valence-electron chi connectivity index (χ4n) is 3.50. The Morgan fingerprint density at radius 2 is 1.90 bits per heavy atom. The standard InChI is InChI=1S/C25H30FN3O/c1-6-9-10-17(7-2)24-28-23-20(25(27-5)29-24)14-19(15-22(23)30-8-3)18-11-12-21(26)16(4)13-18/h10-15H,6-9H2,1-5H3,(H,27,28,29)/b17-10+. The second kappa shape index (κ2) is 9.70. The van der Waals surface area contributed by atoms with E-state index < -0.39 is 0 Å². The molecule has 0 fully saturated rings. The van der Waals surface area contributed by atoms with Gasteiger partial charge in [0.2, 0.25) is 0 Å². The van der Waals surface area contributed by atoms with Crippen molar-refractivity contribution in [2.24, 2.45) is 0 Å². The van der Waals surface area contributed by atoms with Gasteiger partial charge in [-0.15, -0.1) is 0 Å². The van der Waals surface area contributed by atoms with Gasteiger partial charge < -0.3 is 10.1 Å². The van der Waals surface area contributed by atoms with Crippen molar-refractivity contribution in [2.75, 3.05) is 19.0 Å². The van der Waals surface area contributed by atoms with Gasteiger partial charge in [-0.3, -0.25) is 0 Å². The third-order valence-electron chi connectivity index (χ3n) is 5.14. The number of hydrogen-bond acceptors (Lipinski definition) is 4. The molecule has 1 heterocycles. The quantitative estimate of drug-likeness (QED) is 0.447. The molecule has 1 N–H and O–H groups in total. The van der Waals surface area contributed by atoms with Gasteiger partial charge in [0.25, 0.3) is 0 Å². The molecule has 0 aliphatic heterocycles. The first-order valence-corrected chi connectivity index (χ1v) is 10.6. The molecule has 0 atom stereocenters. The summed E-state index contributed by atoms with van der Waals surface area (Å²) in [5, 5.41) is 4.10. The lowest BCUT2D eigenvalue weighted by Gasteiger charge is -2.15. The van der Waals surface area contributed by atoms with E-state index in [1.807, 2.05) is 32.2 Å². The molecule has 0 radical (unpaired) electrons. The molecular weight excluding hydrogens is 377 g/mol. The number of hydrogen-bond donors (Lipinski definition) is 1. The number of unbranched alkanes of at least 4 members (excludes halogenated alkanes) is 1. The molecule has 2 aromatic carbocycles. The summed E-state index contributed by atoms with van der Waals surface area (Å²) in [6, 6.07) is 9.16. The predicted molar refractivity (Wildman–Crippen MR) is 124 cm³/mol. The Morgan fingerprint density at radius 1 is 1.10 bits per heavy atom. The number of ether oxygens (including phenoxy) is 1. The highest BCUT2D eigenvalue weighted by atomic mass is 19.1. The van der Waals surface area contributed by atoms with Crippen molar-refractivity contribution in [1.82, 2.24) is 9.97 Å². The highest BCUT2D eigenvalue weighted by Crippen LogP contribution is 2.36. The first-order valence-electron chi connectivity index (χ1n) is 10.6. The number of anilines is 1. The molecule has 1 aromatic heterocycles. The van der Waals surface area contributed by atoms with Crippen molar-refractivity contribution in [3.05, 3.63) is 53.6 Å². The summed E-state index contributed by atoms with van der Waals surface area (Å²) >= 11 is 0. The molecule has 0 amide bonds. The average molecular weight is 408 g/mol. The molecule has 3 rings (SSSR count). The Kier molecular flexibility index (Phi) is 7.03. The molecule has 0 saturated carbocycles. The third kappa shape index (κ3) is 4.45. The van der Waals surface area contributed by atoms with Gasteiger partial charge in [-0.05, 0) is 73.2 Å². The number of allylic oxidation sites excluding steroid dienone is 2. The van der Waals surface area contributed by atoms with Crippen LogP contribution in [0.25, 0.3) is 27.6 Å². The Bertz CT molecular complexity index is 1080. The summed E-state index contributed by atoms with van der Waals surface area (Å²) in [6.07, 6.45) is 5.17. The molecule has 158 valence electrons. The van der Waals surface area contributed by atoms with Crippen molar-refractivity contribution >= 4 is 22.3 Å². The number of nitrogens with zero attached hydrogens (tertiary/aromatic N) is 2. The van der Waals surface area contributed by atoms with Crippen molar-refractivity contribution in [3.63, 3.8) is 0 Å². The Balaban J connectivity index is 2.25. The van der Waals surface area contributed by atoms with Crippen LogP contribution < -0.4 is 10.1 Å². The lowest BCUT2D eigenvalue weighted by molar-refractivity contribution is 0.343. The SMILES string of the molecule is CCC/C=C(\CC)c1nc(NC)c2cc(-c3ccc(F)c(C)c3)cc(OCC)c2n1. The summed E-state index contributed by atoms with van der Waals surface area (Å²) in [5.74, 6) is 1.99. The maximum Gasteiger partial charge on any atom is 0.157 e. The van der Waals surface area contributed by atoms with Crippen LogP contribution in [0.2, 0.25) is 0 Å². The monoisotopic (exact) mass is 407 g/mol. The van der Waals surface area contributed by atoms with Crippen LogP contribution in [-0.2, 0) is 0 Å². The van der Waals surface area contributed by atoms with Gasteiger partial charge in [-0.1, -0.05) is 32.4 Å². The van der Waals surface area contributed by atoms with Crippen molar-refractivity contribution in [1.29, 1.82) is 0 Å². The summed E-state index contributed by atoms with van der Waals surface area (Å²) in [7, 11) is 1.86. The topological polar surface area (TPSA) is 47.0 Å². The molecule has 0 aliphatic rings. The first kappa shape index (κ1) is 21.8. The number of nitrogens with one attached hydrogen (secondary N) is 1. The van der Waals surface area contributed by atoms with Gasteiger partial charge in [0.1, 0.15) is 22.9 Å². The van der Waals surface area contributed by atoms with Gasteiger partial charge in [-0.2, -0.15) is 0 Å². The largest absolute Gasteiger partial charge is 0.492 e. The van der Waals surface area contributed by atoms with Crippen LogP contribution in [0, 0.1) is 12.7 Å². The van der Waals surface area contributed by atoms with E-state index in [0.717, 1.165) is 58.5 Å². The van der Waals surface area contributed by atoms with Gasteiger partial charge >= 0.3 is 0 Å². The van der Waals surface area contributed by atoms with E-state index in [2.05, 4.69) is 25.2 Å². The number of halogens is 1. The van der Waals surface area contributed by atoms with Crippen molar-refractivity contribution in [3.8, 4) is 16.9 Å². The van der Waals surface area contributed by atoms with Crippen LogP contribution in [0.1, 0.15) is 51.4 Å². The maximum atomic E-state index is 13.8. The second-order valence-corrected chi connectivity index (χ2v) is 7.28. The summed E-state index contributed by atoms with van der Waals surface area (Å²) in [4.78, 5) is 9.69. The van der Waals surface area contributed by atoms with Crippen LogP contribution in [0.15, 0.2) is 36.4 Å². The molecule has 0 spiro atoms. The van der Waals surface area contributed by atoms with Gasteiger partial charge in [0.15, 0.2) is 5.82 Å². The summed E-state index contributed by atoms with van der Waals surface area (Å²) in [6.45, 7) is 8.54. The minimum absolute atomic E-state index is 0.209. The number of aryl methyl sites for hydroxylation is 1. The van der Waals surface area contributed by atoms with E-state index in [9.17, 15) is 4.39 Å². The van der Waals surface area contributed by atoms with E-state index in [-0.39, 0.29) is 5.82 Å². The molecule has 0 saturated heterocycles. The molecule has 30 heavy (non-hydrogen) atoms. The highest BCUT2D eigenvalue weighted by molar-refractivity contribution is 5.97. The minimum atomic E-state index is -0.209. The number of rotatable bonds is 8. The summed E-state index contributed by atoms with van der Waals surface area (Å²) in [5.41, 5.74) is 4.40. The predicted octanol–water partition coefficient (Wildman–Crippen LogP) is 6.78. The van der Waals surface area contributed by atoms with Crippen LogP contribution in [-0.4, -0.2) is 23.6 Å². The second-order valence-electron chi connectivity index (χ2n) is 7.28. The van der Waals surface area contributed by atoms with Gasteiger partial charge in [0, 0.05) is 12.4 Å². The zero-order valence-electron chi connectivity index (χ0n) is 18.5. The highest BCUT2D eigenvalue weighted by Gasteiger charge is 2.16. The normalized spacial score (nSPS) is 11.7. The van der Waals surface area contributed by atoms with Crippen molar-refractivity contribution < 1.29 is 9.13 Å². The fourth-order valence-corrected chi connectivity index (χ4v) is 3.50. The fraction of sp³-hybridized carbons (Fsp3) is 0.360. The minimum Gasteiger partial charge on any atom is -0.492 e. The van der Waals surface area contributed by atoms with E-state index in [1.54, 1.807) is 13.0 Å². The molecular formula is C25H30FN3O. The summed E-state index contributed by atoms with van der Waals surface area (Å²) < 4.78 is 19.7. The Morgan fingerprint density at radius 3 is 2.53 bits per heavy atom. The van der Waals surface area contributed by atoms with Crippen molar-refractivity contribution in [2.45, 2.75) is 47.0 Å². The lowest BCUT2D eigenvalue weighted by Crippen LogP contribution is -2.04. The first-order chi connectivity index (χ1) is 14.5. The third-order valence-corrected chi connectivity index (χ3v) is 5.14. The van der Waals surface area contributed by atoms with Gasteiger partial charge in [0.05, 0.1) is 6.61 Å². The smallest absolute Gasteiger partial charge is 0.157 e. The van der Waals surface area contributed by atoms with Crippen LogP contribution >= 0.6 is 0 Å². The Labute approximate surface area is 178 Å². The number of benzene rings is 2. The van der Waals surface area contributed by atoms with E-state index in [4.69, 9.17) is 14.7 Å². The molecule has 0 unspecified atom stereocenters. The zero-order chi connectivity index (χ0) is 21.7. The number of fused-ring (bicyclic) bond motifs is 1. The Hall–Kier alpha value is -2.95.